The second-order valence-electron chi connectivity index (χ2n) is 9.06. The number of carbonyl (C=O) groups excluding carboxylic acids is 2. The first-order valence-corrected chi connectivity index (χ1v) is 11.4. The summed E-state index contributed by atoms with van der Waals surface area (Å²) in [5, 5.41) is 29.5. The molecule has 2 aromatic carbocycles. The normalized spacial score (nSPS) is 13.6. The Hall–Kier alpha value is -3.89. The van der Waals surface area contributed by atoms with E-state index in [1.807, 2.05) is 24.3 Å². The number of aliphatic hydroxyl groups is 1. The van der Waals surface area contributed by atoms with E-state index in [0.29, 0.717) is 54.6 Å². The summed E-state index contributed by atoms with van der Waals surface area (Å²) in [7, 11) is 0. The van der Waals surface area contributed by atoms with E-state index in [9.17, 15) is 24.6 Å². The number of rotatable bonds is 8. The van der Waals surface area contributed by atoms with E-state index in [-0.39, 0.29) is 18.1 Å². The van der Waals surface area contributed by atoms with Crippen molar-refractivity contribution < 1.29 is 44.5 Å². The fraction of sp³-hybridized carbons (Fsp3) is 0.346. The molecule has 36 heavy (non-hydrogen) atoms. The van der Waals surface area contributed by atoms with Gasteiger partial charge in [-0.1, -0.05) is 18.2 Å². The topological polar surface area (TPSA) is 153 Å². The average Bonchev–Trinajstić information content (AvgIpc) is 2.84. The maximum atomic E-state index is 12.9. The quantitative estimate of drug-likeness (QED) is 0.435. The maximum Gasteiger partial charge on any atom is 0.328 e. The summed E-state index contributed by atoms with van der Waals surface area (Å²) in [6.45, 7) is 7.99. The molecule has 2 aromatic rings. The van der Waals surface area contributed by atoms with Gasteiger partial charge in [0.1, 0.15) is 37.4 Å². The lowest BCUT2D eigenvalue weighted by molar-refractivity contribution is -0.722. The highest BCUT2D eigenvalue weighted by Gasteiger charge is 2.25. The number of carboxylic acids is 2. The van der Waals surface area contributed by atoms with Crippen molar-refractivity contribution in [3.05, 3.63) is 66.2 Å². The van der Waals surface area contributed by atoms with Crippen LogP contribution in [0.2, 0.25) is 0 Å². The predicted octanol–water partition coefficient (Wildman–Crippen LogP) is 0.205. The Bertz CT molecular complexity index is 1050. The van der Waals surface area contributed by atoms with E-state index in [1.54, 1.807) is 29.2 Å². The second kappa shape index (κ2) is 13.3. The number of anilines is 1. The van der Waals surface area contributed by atoms with Gasteiger partial charge in [-0.2, -0.15) is 0 Å². The van der Waals surface area contributed by atoms with Crippen molar-refractivity contribution in [2.24, 2.45) is 0 Å². The Balaban J connectivity index is 0.000000493. The average molecular weight is 501 g/mol. The number of amides is 1. The Kier molecular flexibility index (Phi) is 10.4. The van der Waals surface area contributed by atoms with E-state index in [2.05, 4.69) is 26.1 Å². The molecule has 10 nitrogen and oxygen atoms in total. The van der Waals surface area contributed by atoms with E-state index >= 15 is 0 Å². The van der Waals surface area contributed by atoms with Crippen LogP contribution in [-0.4, -0.2) is 66.0 Å². The van der Waals surface area contributed by atoms with Crippen LogP contribution >= 0.6 is 0 Å². The predicted molar refractivity (Wildman–Crippen MR) is 130 cm³/mol. The molecule has 3 rings (SSSR count). The fourth-order valence-corrected chi connectivity index (χ4v) is 3.12. The molecule has 194 valence electrons. The van der Waals surface area contributed by atoms with Crippen LogP contribution in [0.3, 0.4) is 0 Å². The Morgan fingerprint density at radius 1 is 1.17 bits per heavy atom. The monoisotopic (exact) mass is 500 g/mol. The van der Waals surface area contributed by atoms with Gasteiger partial charge >= 0.3 is 5.97 Å². The largest absolute Gasteiger partial charge is 0.545 e. The minimum atomic E-state index is -1.51. The van der Waals surface area contributed by atoms with Gasteiger partial charge in [-0.3, -0.25) is 4.79 Å². The van der Waals surface area contributed by atoms with Crippen LogP contribution in [-0.2, 0) is 9.59 Å². The third-order valence-electron chi connectivity index (χ3n) is 4.87. The fourth-order valence-electron chi connectivity index (χ4n) is 3.12. The van der Waals surface area contributed by atoms with Gasteiger partial charge in [0.2, 0.25) is 0 Å². The molecule has 0 saturated heterocycles. The third-order valence-corrected chi connectivity index (χ3v) is 4.87. The smallest absolute Gasteiger partial charge is 0.328 e. The molecule has 1 atom stereocenters. The van der Waals surface area contributed by atoms with Gasteiger partial charge < -0.3 is 39.8 Å². The minimum absolute atomic E-state index is 0.0580. The summed E-state index contributed by atoms with van der Waals surface area (Å²) in [4.78, 5) is 33.6. The molecule has 0 spiro atoms. The Morgan fingerprint density at radius 3 is 2.44 bits per heavy atom. The zero-order valence-electron chi connectivity index (χ0n) is 20.5. The van der Waals surface area contributed by atoms with E-state index < -0.39 is 18.0 Å². The molecular formula is C26H32N2O8. The first-order chi connectivity index (χ1) is 17.0. The van der Waals surface area contributed by atoms with Crippen molar-refractivity contribution in [1.29, 1.82) is 0 Å². The lowest BCUT2D eigenvalue weighted by Crippen LogP contribution is -2.96. The summed E-state index contributed by atoms with van der Waals surface area (Å²) < 4.78 is 11.5. The lowest BCUT2D eigenvalue weighted by Gasteiger charge is -2.30. The van der Waals surface area contributed by atoms with Gasteiger partial charge in [0.05, 0.1) is 23.7 Å². The van der Waals surface area contributed by atoms with Crippen molar-refractivity contribution >= 4 is 23.5 Å². The van der Waals surface area contributed by atoms with Crippen molar-refractivity contribution in [2.45, 2.75) is 32.4 Å². The molecule has 1 aliphatic heterocycles. The van der Waals surface area contributed by atoms with Crippen molar-refractivity contribution in [3.8, 4) is 11.5 Å². The van der Waals surface area contributed by atoms with Gasteiger partial charge in [-0.25, -0.2) is 4.79 Å². The van der Waals surface area contributed by atoms with Gasteiger partial charge in [0, 0.05) is 17.7 Å². The number of hydrogen-bond acceptors (Lipinski definition) is 7. The van der Waals surface area contributed by atoms with Crippen molar-refractivity contribution in [3.63, 3.8) is 0 Å². The molecule has 1 heterocycles. The number of carbonyl (C=O) groups is 3. The summed E-state index contributed by atoms with van der Waals surface area (Å²) in [6, 6.07) is 14.6. The standard InChI is InChI=1S/C22H28N2O4.C4H4O4/c1-22(2,3)23-14-17(25)15-28-18-9-10-20-19(13-18)24(11-12-27-20)21(26)16-7-5-4-6-8-16;5-3(6)1-2-4(7)8/h4-10,13,17,23,25H,11-12,14-15H2,1-3H3;1-2H,(H,5,6)(H,7,8)/b;2-1-. The van der Waals surface area contributed by atoms with Crippen LogP contribution in [0.5, 0.6) is 11.5 Å². The first kappa shape index (κ1) is 28.3. The number of quaternary nitrogens is 1. The van der Waals surface area contributed by atoms with Gasteiger partial charge in [-0.15, -0.1) is 0 Å². The summed E-state index contributed by atoms with van der Waals surface area (Å²) >= 11 is 0. The number of aliphatic hydroxyl groups excluding tert-OH is 1. The first-order valence-electron chi connectivity index (χ1n) is 11.4. The number of aliphatic carboxylic acids is 2. The molecule has 0 fully saturated rings. The summed E-state index contributed by atoms with van der Waals surface area (Å²) in [6.07, 6.45) is 0.367. The molecule has 4 N–H and O–H groups in total. The Morgan fingerprint density at radius 2 is 1.86 bits per heavy atom. The van der Waals surface area contributed by atoms with Crippen LogP contribution in [0.15, 0.2) is 60.7 Å². The van der Waals surface area contributed by atoms with E-state index in [1.165, 1.54) is 0 Å². The number of hydrogen-bond donors (Lipinski definition) is 3. The second-order valence-corrected chi connectivity index (χ2v) is 9.06. The third kappa shape index (κ3) is 9.77. The lowest BCUT2D eigenvalue weighted by atomic mass is 10.1. The number of ether oxygens (including phenoxy) is 2. The summed E-state index contributed by atoms with van der Waals surface area (Å²) in [5.41, 5.74) is 1.38. The van der Waals surface area contributed by atoms with Crippen molar-refractivity contribution in [2.75, 3.05) is 31.2 Å². The highest BCUT2D eigenvalue weighted by atomic mass is 16.5. The van der Waals surface area contributed by atoms with E-state index in [0.717, 1.165) is 0 Å². The van der Waals surface area contributed by atoms with Crippen LogP contribution < -0.4 is 24.8 Å². The molecule has 0 bridgehead atoms. The van der Waals surface area contributed by atoms with Crippen LogP contribution in [0.4, 0.5) is 5.69 Å². The Labute approximate surface area is 209 Å². The van der Waals surface area contributed by atoms with E-state index in [4.69, 9.17) is 14.6 Å². The summed E-state index contributed by atoms with van der Waals surface area (Å²) in [5.74, 6) is -1.61. The highest BCUT2D eigenvalue weighted by Crippen LogP contribution is 2.35. The molecule has 10 heteroatoms. The van der Waals surface area contributed by atoms with Gasteiger partial charge in [0.15, 0.2) is 0 Å². The number of carboxylic acid groups (broad SMARTS) is 2. The van der Waals surface area contributed by atoms with Crippen LogP contribution in [0, 0.1) is 0 Å². The minimum Gasteiger partial charge on any atom is -0.545 e. The molecule has 1 amide bonds. The number of nitrogens with zero attached hydrogens (tertiary/aromatic N) is 1. The SMILES string of the molecule is CC(C)(C)[NH2+]CC(O)COc1ccc2c(c1)N(C(=O)c1ccccc1)CCO2.O=C([O-])/C=C\C(=O)O. The van der Waals surface area contributed by atoms with Gasteiger partial charge in [-0.05, 0) is 51.1 Å². The van der Waals surface area contributed by atoms with Crippen molar-refractivity contribution in [1.82, 2.24) is 0 Å². The molecule has 0 aromatic heterocycles. The molecule has 0 aliphatic carbocycles. The highest BCUT2D eigenvalue weighted by molar-refractivity contribution is 6.07. The molecule has 0 saturated carbocycles. The molecule has 0 radical (unpaired) electrons. The molecular weight excluding hydrogens is 468 g/mol. The number of fused-ring (bicyclic) bond motifs is 1. The van der Waals surface area contributed by atoms with Crippen LogP contribution in [0.1, 0.15) is 31.1 Å². The van der Waals surface area contributed by atoms with Gasteiger partial charge in [0.25, 0.3) is 5.91 Å². The zero-order valence-corrected chi connectivity index (χ0v) is 20.5. The maximum absolute atomic E-state index is 12.9. The molecule has 1 unspecified atom stereocenters. The van der Waals surface area contributed by atoms with Crippen LogP contribution in [0.25, 0.3) is 0 Å². The molecule has 1 aliphatic rings. The number of benzene rings is 2. The number of nitrogens with two attached hydrogens (primary N) is 1. The zero-order chi connectivity index (χ0) is 26.7.